The first kappa shape index (κ1) is 20.4. The van der Waals surface area contributed by atoms with E-state index < -0.39 is 0 Å². The summed E-state index contributed by atoms with van der Waals surface area (Å²) in [6, 6.07) is 17.1. The summed E-state index contributed by atoms with van der Waals surface area (Å²) in [5.41, 5.74) is 5.59. The quantitative estimate of drug-likeness (QED) is 0.386. The van der Waals surface area contributed by atoms with Gasteiger partial charge in [0, 0.05) is 24.2 Å². The fourth-order valence-electron chi connectivity index (χ4n) is 4.37. The minimum absolute atomic E-state index is 0.262. The molecular formula is C26H30N2O2. The monoisotopic (exact) mass is 402 g/mol. The van der Waals surface area contributed by atoms with Crippen LogP contribution in [0.3, 0.4) is 0 Å². The van der Waals surface area contributed by atoms with Crippen molar-refractivity contribution in [2.24, 2.45) is 0 Å². The number of hydrogen-bond acceptors (Lipinski definition) is 3. The van der Waals surface area contributed by atoms with Gasteiger partial charge in [-0.3, -0.25) is 0 Å². The molecule has 156 valence electrons. The summed E-state index contributed by atoms with van der Waals surface area (Å²) < 4.78 is 5.18. The number of aromatic nitrogens is 1. The van der Waals surface area contributed by atoms with E-state index in [1.807, 2.05) is 25.3 Å². The summed E-state index contributed by atoms with van der Waals surface area (Å²) >= 11 is 0. The number of fused-ring (bicyclic) bond motifs is 1. The second-order valence-corrected chi connectivity index (χ2v) is 7.91. The van der Waals surface area contributed by atoms with E-state index in [0.29, 0.717) is 18.2 Å². The molecule has 2 aromatic carbocycles. The first-order chi connectivity index (χ1) is 14.8. The molecule has 0 saturated heterocycles. The predicted molar refractivity (Wildman–Crippen MR) is 123 cm³/mol. The Kier molecular flexibility index (Phi) is 6.65. The number of aryl methyl sites for hydroxylation is 1. The molecule has 1 aliphatic rings. The molecular weight excluding hydrogens is 372 g/mol. The lowest BCUT2D eigenvalue weighted by atomic mass is 9.92. The van der Waals surface area contributed by atoms with E-state index in [2.05, 4.69) is 52.8 Å². The fraction of sp³-hybridized carbons (Fsp3) is 0.346. The highest BCUT2D eigenvalue weighted by atomic mass is 16.5. The zero-order chi connectivity index (χ0) is 20.8. The summed E-state index contributed by atoms with van der Waals surface area (Å²) in [6.45, 7) is 3.17. The van der Waals surface area contributed by atoms with Gasteiger partial charge < -0.3 is 15.0 Å². The molecule has 0 radical (unpaired) electrons. The summed E-state index contributed by atoms with van der Waals surface area (Å²) in [4.78, 5) is 15.5. The van der Waals surface area contributed by atoms with Crippen LogP contribution in [-0.4, -0.2) is 30.1 Å². The second-order valence-electron chi connectivity index (χ2n) is 7.91. The second kappa shape index (κ2) is 9.77. The van der Waals surface area contributed by atoms with Crippen molar-refractivity contribution >= 4 is 22.4 Å². The average molecular weight is 403 g/mol. The number of H-pyrrole nitrogens is 1. The number of para-hydroxylation sites is 1. The van der Waals surface area contributed by atoms with Gasteiger partial charge in [-0.1, -0.05) is 55.0 Å². The Labute approximate surface area is 178 Å². The lowest BCUT2D eigenvalue weighted by molar-refractivity contribution is 0.0528. The SMILES string of the molecule is CCOC(=O)c1cccc2c(CCCCC3CC(c4ccccc4)=CCN3)c[nH]c12. The van der Waals surface area contributed by atoms with Crippen LogP contribution in [0.4, 0.5) is 0 Å². The van der Waals surface area contributed by atoms with Gasteiger partial charge >= 0.3 is 5.97 Å². The standard InChI is InChI=1S/C26H30N2O2/c1-2-30-26(29)24-14-8-13-23-21(18-28-25(23)24)11-6-7-12-22-17-20(15-16-27-22)19-9-4-3-5-10-19/h3-5,8-10,13-15,18,22,27-28H,2,6-7,11-12,16-17H2,1H3. The van der Waals surface area contributed by atoms with Crippen LogP contribution in [0.5, 0.6) is 0 Å². The van der Waals surface area contributed by atoms with Crippen molar-refractivity contribution in [3.63, 3.8) is 0 Å². The largest absolute Gasteiger partial charge is 0.462 e. The van der Waals surface area contributed by atoms with E-state index in [1.165, 1.54) is 29.5 Å². The van der Waals surface area contributed by atoms with Gasteiger partial charge in [-0.15, -0.1) is 0 Å². The number of esters is 1. The van der Waals surface area contributed by atoms with Crippen LogP contribution in [-0.2, 0) is 11.2 Å². The highest BCUT2D eigenvalue weighted by Gasteiger charge is 2.16. The number of ether oxygens (including phenoxy) is 1. The Morgan fingerprint density at radius 1 is 1.10 bits per heavy atom. The highest BCUT2D eigenvalue weighted by molar-refractivity contribution is 6.03. The van der Waals surface area contributed by atoms with Crippen molar-refractivity contribution in [1.29, 1.82) is 0 Å². The van der Waals surface area contributed by atoms with E-state index in [9.17, 15) is 4.79 Å². The van der Waals surface area contributed by atoms with Gasteiger partial charge in [0.25, 0.3) is 0 Å². The molecule has 0 amide bonds. The van der Waals surface area contributed by atoms with Gasteiger partial charge in [-0.25, -0.2) is 4.79 Å². The lowest BCUT2D eigenvalue weighted by Crippen LogP contribution is -2.32. The molecule has 1 aliphatic heterocycles. The molecule has 1 atom stereocenters. The molecule has 0 aliphatic carbocycles. The van der Waals surface area contributed by atoms with Crippen LogP contribution < -0.4 is 5.32 Å². The van der Waals surface area contributed by atoms with Crippen molar-refractivity contribution in [3.8, 4) is 0 Å². The molecule has 30 heavy (non-hydrogen) atoms. The topological polar surface area (TPSA) is 54.1 Å². The van der Waals surface area contributed by atoms with E-state index in [4.69, 9.17) is 4.74 Å². The van der Waals surface area contributed by atoms with Crippen LogP contribution in [0.2, 0.25) is 0 Å². The van der Waals surface area contributed by atoms with Crippen molar-refractivity contribution < 1.29 is 9.53 Å². The summed E-state index contributed by atoms with van der Waals surface area (Å²) in [5.74, 6) is -0.262. The van der Waals surface area contributed by atoms with Crippen molar-refractivity contribution in [2.75, 3.05) is 13.2 Å². The molecule has 1 unspecified atom stereocenters. The van der Waals surface area contributed by atoms with E-state index in [0.717, 1.165) is 36.7 Å². The van der Waals surface area contributed by atoms with Crippen molar-refractivity contribution in [2.45, 2.75) is 45.1 Å². The molecule has 4 heteroatoms. The molecule has 1 aromatic heterocycles. The van der Waals surface area contributed by atoms with E-state index in [1.54, 1.807) is 0 Å². The van der Waals surface area contributed by atoms with Crippen LogP contribution >= 0.6 is 0 Å². The number of hydrogen-bond donors (Lipinski definition) is 2. The van der Waals surface area contributed by atoms with Gasteiger partial charge in [0.05, 0.1) is 17.7 Å². The minimum Gasteiger partial charge on any atom is -0.462 e. The Balaban J connectivity index is 1.31. The fourth-order valence-corrected chi connectivity index (χ4v) is 4.37. The zero-order valence-corrected chi connectivity index (χ0v) is 17.6. The first-order valence-corrected chi connectivity index (χ1v) is 11.0. The third-order valence-electron chi connectivity index (χ3n) is 5.91. The van der Waals surface area contributed by atoms with Gasteiger partial charge in [0.15, 0.2) is 0 Å². The molecule has 0 saturated carbocycles. The molecule has 4 nitrogen and oxygen atoms in total. The predicted octanol–water partition coefficient (Wildman–Crippen LogP) is 5.50. The lowest BCUT2D eigenvalue weighted by Gasteiger charge is -2.24. The highest BCUT2D eigenvalue weighted by Crippen LogP contribution is 2.26. The molecule has 0 fully saturated rings. The van der Waals surface area contributed by atoms with E-state index in [-0.39, 0.29) is 5.97 Å². The number of unbranched alkanes of at least 4 members (excludes halogenated alkanes) is 1. The number of rotatable bonds is 8. The third kappa shape index (κ3) is 4.65. The van der Waals surface area contributed by atoms with Gasteiger partial charge in [-0.2, -0.15) is 0 Å². The van der Waals surface area contributed by atoms with Crippen LogP contribution in [0, 0.1) is 0 Å². The summed E-state index contributed by atoms with van der Waals surface area (Å²) in [7, 11) is 0. The van der Waals surface area contributed by atoms with Gasteiger partial charge in [-0.05, 0) is 55.4 Å². The van der Waals surface area contributed by atoms with Crippen molar-refractivity contribution in [1.82, 2.24) is 10.3 Å². The maximum absolute atomic E-state index is 12.2. The number of carbonyl (C=O) groups excluding carboxylic acids is 1. The molecule has 2 N–H and O–H groups in total. The average Bonchev–Trinajstić information content (AvgIpc) is 3.21. The molecule has 2 heterocycles. The molecule has 0 bridgehead atoms. The zero-order valence-electron chi connectivity index (χ0n) is 17.6. The maximum atomic E-state index is 12.2. The summed E-state index contributed by atoms with van der Waals surface area (Å²) in [6.07, 6.45) is 9.98. The number of aromatic amines is 1. The number of benzene rings is 2. The smallest absolute Gasteiger partial charge is 0.340 e. The van der Waals surface area contributed by atoms with E-state index >= 15 is 0 Å². The Morgan fingerprint density at radius 2 is 1.97 bits per heavy atom. The first-order valence-electron chi connectivity index (χ1n) is 11.0. The Bertz CT molecular complexity index is 1020. The number of nitrogens with one attached hydrogen (secondary N) is 2. The molecule has 3 aromatic rings. The maximum Gasteiger partial charge on any atom is 0.340 e. The van der Waals surface area contributed by atoms with Crippen LogP contribution in [0.25, 0.3) is 16.5 Å². The van der Waals surface area contributed by atoms with Gasteiger partial charge in [0.1, 0.15) is 0 Å². The van der Waals surface area contributed by atoms with Crippen LogP contribution in [0.1, 0.15) is 54.1 Å². The van der Waals surface area contributed by atoms with Crippen LogP contribution in [0.15, 0.2) is 60.8 Å². The minimum atomic E-state index is -0.262. The third-order valence-corrected chi connectivity index (χ3v) is 5.91. The number of carbonyl (C=O) groups is 1. The molecule has 4 rings (SSSR count). The van der Waals surface area contributed by atoms with Crippen molar-refractivity contribution in [3.05, 3.63) is 77.5 Å². The summed E-state index contributed by atoms with van der Waals surface area (Å²) in [5, 5.41) is 4.77. The normalized spacial score (nSPS) is 16.4. The molecule has 0 spiro atoms. The Hall–Kier alpha value is -2.85. The Morgan fingerprint density at radius 3 is 2.80 bits per heavy atom. The van der Waals surface area contributed by atoms with Gasteiger partial charge in [0.2, 0.25) is 0 Å².